The number of hydrogen-bond donors (Lipinski definition) is 1. The van der Waals surface area contributed by atoms with E-state index in [0.29, 0.717) is 6.54 Å². The molecule has 0 aliphatic carbocycles. The lowest BCUT2D eigenvalue weighted by Crippen LogP contribution is -2.28. The van der Waals surface area contributed by atoms with E-state index in [4.69, 9.17) is 10.7 Å². The van der Waals surface area contributed by atoms with E-state index in [1.165, 1.54) is 24.4 Å². The first kappa shape index (κ1) is 9.12. The van der Waals surface area contributed by atoms with Gasteiger partial charge >= 0.3 is 0 Å². The lowest BCUT2D eigenvalue weighted by molar-refractivity contribution is -0.141. The van der Waals surface area contributed by atoms with Gasteiger partial charge in [0.15, 0.2) is 0 Å². The highest BCUT2D eigenvalue weighted by atomic mass is 19.1. The smallest absolute Gasteiger partial charge is 0.123 e. The van der Waals surface area contributed by atoms with Crippen molar-refractivity contribution in [3.8, 4) is 0 Å². The number of rotatable bonds is 3. The van der Waals surface area contributed by atoms with Crippen LogP contribution in [0.3, 0.4) is 0 Å². The summed E-state index contributed by atoms with van der Waals surface area (Å²) in [7, 11) is 1.48. The Labute approximate surface area is 70.5 Å². The van der Waals surface area contributed by atoms with E-state index in [1.807, 2.05) is 0 Å². The van der Waals surface area contributed by atoms with E-state index >= 15 is 0 Å². The van der Waals surface area contributed by atoms with Gasteiger partial charge < -0.3 is 0 Å². The predicted octanol–water partition coefficient (Wildman–Crippen LogP) is 1.06. The van der Waals surface area contributed by atoms with Gasteiger partial charge in [-0.25, -0.2) is 10.2 Å². The number of benzene rings is 1. The van der Waals surface area contributed by atoms with Gasteiger partial charge in [-0.05, 0) is 17.7 Å². The fourth-order valence-electron chi connectivity index (χ4n) is 0.834. The molecule has 2 N–H and O–H groups in total. The summed E-state index contributed by atoms with van der Waals surface area (Å²) in [6.45, 7) is 0.441. The Morgan fingerprint density at radius 2 is 2.00 bits per heavy atom. The first-order valence-electron chi connectivity index (χ1n) is 3.53. The van der Waals surface area contributed by atoms with Crippen molar-refractivity contribution in [3.63, 3.8) is 0 Å². The van der Waals surface area contributed by atoms with Gasteiger partial charge in [-0.1, -0.05) is 12.1 Å². The lowest BCUT2D eigenvalue weighted by atomic mass is 10.2. The summed E-state index contributed by atoms with van der Waals surface area (Å²) in [5.74, 6) is 5.11. The molecule has 0 saturated carbocycles. The standard InChI is InChI=1S/C8H11FN2O/c1-12-11(10)6-7-2-4-8(9)5-3-7/h2-5H,6,10H2,1H3. The predicted molar refractivity (Wildman–Crippen MR) is 43.1 cm³/mol. The number of nitrogens with two attached hydrogens (primary N) is 1. The highest BCUT2D eigenvalue weighted by Crippen LogP contribution is 2.03. The fourth-order valence-corrected chi connectivity index (χ4v) is 0.834. The van der Waals surface area contributed by atoms with E-state index in [2.05, 4.69) is 0 Å². The van der Waals surface area contributed by atoms with Crippen LogP contribution < -0.4 is 5.84 Å². The zero-order valence-corrected chi connectivity index (χ0v) is 6.83. The van der Waals surface area contributed by atoms with Crippen LogP contribution >= 0.6 is 0 Å². The summed E-state index contributed by atoms with van der Waals surface area (Å²) in [5.41, 5.74) is 0.903. The lowest BCUT2D eigenvalue weighted by Gasteiger charge is -2.12. The molecule has 12 heavy (non-hydrogen) atoms. The normalized spacial score (nSPS) is 10.7. The second-order valence-electron chi connectivity index (χ2n) is 2.38. The molecule has 3 nitrogen and oxygen atoms in total. The molecule has 0 fully saturated rings. The van der Waals surface area contributed by atoms with Gasteiger partial charge in [0.1, 0.15) is 5.82 Å². The highest BCUT2D eigenvalue weighted by Gasteiger charge is 1.98. The SMILES string of the molecule is CON(N)Cc1ccc(F)cc1. The van der Waals surface area contributed by atoms with E-state index in [9.17, 15) is 4.39 Å². The molecule has 0 heterocycles. The van der Waals surface area contributed by atoms with E-state index in [0.717, 1.165) is 5.56 Å². The zero-order chi connectivity index (χ0) is 8.97. The summed E-state index contributed by atoms with van der Waals surface area (Å²) in [4.78, 5) is 4.70. The van der Waals surface area contributed by atoms with Crippen LogP contribution in [0.2, 0.25) is 0 Å². The Bertz CT molecular complexity index is 237. The van der Waals surface area contributed by atoms with E-state index in [-0.39, 0.29) is 5.82 Å². The van der Waals surface area contributed by atoms with E-state index < -0.39 is 0 Å². The molecular formula is C8H11FN2O. The van der Waals surface area contributed by atoms with Gasteiger partial charge in [0.2, 0.25) is 0 Å². The maximum absolute atomic E-state index is 12.4. The van der Waals surface area contributed by atoms with Gasteiger partial charge in [0.05, 0.1) is 13.7 Å². The first-order chi connectivity index (χ1) is 5.72. The van der Waals surface area contributed by atoms with Crippen LogP contribution in [-0.2, 0) is 11.4 Å². The van der Waals surface area contributed by atoms with Crippen LogP contribution in [0, 0.1) is 5.82 Å². The van der Waals surface area contributed by atoms with Crippen molar-refractivity contribution in [2.45, 2.75) is 6.54 Å². The van der Waals surface area contributed by atoms with Crippen LogP contribution in [0.5, 0.6) is 0 Å². The molecule has 1 aromatic carbocycles. The molecule has 0 unspecified atom stereocenters. The number of nitrogens with zero attached hydrogens (tertiary/aromatic N) is 1. The summed E-state index contributed by atoms with van der Waals surface area (Å²) in [6, 6.07) is 6.10. The molecule has 0 atom stereocenters. The molecule has 0 aliphatic heterocycles. The molecule has 0 saturated heterocycles. The molecule has 0 amide bonds. The van der Waals surface area contributed by atoms with Crippen molar-refractivity contribution in [3.05, 3.63) is 35.6 Å². The molecule has 1 aromatic rings. The number of hydrogen-bond acceptors (Lipinski definition) is 3. The van der Waals surface area contributed by atoms with Crippen LogP contribution in [0.1, 0.15) is 5.56 Å². The Kier molecular flexibility index (Phi) is 3.16. The van der Waals surface area contributed by atoms with Gasteiger partial charge in [-0.2, -0.15) is 0 Å². The Morgan fingerprint density at radius 3 is 2.50 bits per heavy atom. The Balaban J connectivity index is 2.58. The van der Waals surface area contributed by atoms with Crippen molar-refractivity contribution in [1.82, 2.24) is 5.17 Å². The minimum absolute atomic E-state index is 0.250. The number of halogens is 1. The van der Waals surface area contributed by atoms with Crippen molar-refractivity contribution in [2.24, 2.45) is 5.84 Å². The van der Waals surface area contributed by atoms with Crippen LogP contribution in [0.15, 0.2) is 24.3 Å². The molecule has 66 valence electrons. The second-order valence-corrected chi connectivity index (χ2v) is 2.38. The van der Waals surface area contributed by atoms with Crippen molar-refractivity contribution in [2.75, 3.05) is 7.11 Å². The molecule has 0 spiro atoms. The average Bonchev–Trinajstić information content (AvgIpc) is 2.09. The zero-order valence-electron chi connectivity index (χ0n) is 6.83. The van der Waals surface area contributed by atoms with Gasteiger partial charge in [-0.15, -0.1) is 5.17 Å². The van der Waals surface area contributed by atoms with Crippen molar-refractivity contribution >= 4 is 0 Å². The molecule has 1 rings (SSSR count). The van der Waals surface area contributed by atoms with E-state index in [1.54, 1.807) is 12.1 Å². The van der Waals surface area contributed by atoms with Gasteiger partial charge in [-0.3, -0.25) is 4.84 Å². The van der Waals surface area contributed by atoms with Crippen LogP contribution in [0.25, 0.3) is 0 Å². The molecule has 0 bridgehead atoms. The largest absolute Gasteiger partial charge is 0.287 e. The van der Waals surface area contributed by atoms with Crippen LogP contribution in [0.4, 0.5) is 4.39 Å². The molecule has 4 heteroatoms. The third-order valence-electron chi connectivity index (χ3n) is 1.49. The number of hydroxylamine groups is 1. The second kappa shape index (κ2) is 4.15. The maximum Gasteiger partial charge on any atom is 0.123 e. The summed E-state index contributed by atoms with van der Waals surface area (Å²) >= 11 is 0. The summed E-state index contributed by atoms with van der Waals surface area (Å²) in [5, 5.41) is 1.17. The fraction of sp³-hybridized carbons (Fsp3) is 0.250. The number of hydrazine groups is 1. The highest BCUT2D eigenvalue weighted by molar-refractivity contribution is 5.15. The monoisotopic (exact) mass is 170 g/mol. The molecule has 0 aromatic heterocycles. The molecule has 0 radical (unpaired) electrons. The summed E-state index contributed by atoms with van der Waals surface area (Å²) in [6.07, 6.45) is 0. The quantitative estimate of drug-likeness (QED) is 0.544. The average molecular weight is 170 g/mol. The topological polar surface area (TPSA) is 38.5 Å². The van der Waals surface area contributed by atoms with Crippen LogP contribution in [-0.4, -0.2) is 12.3 Å². The van der Waals surface area contributed by atoms with Gasteiger partial charge in [0.25, 0.3) is 0 Å². The first-order valence-corrected chi connectivity index (χ1v) is 3.53. The Morgan fingerprint density at radius 1 is 1.42 bits per heavy atom. The molecular weight excluding hydrogens is 159 g/mol. The minimum atomic E-state index is -0.250. The minimum Gasteiger partial charge on any atom is -0.287 e. The summed E-state index contributed by atoms with van der Waals surface area (Å²) < 4.78 is 12.4. The maximum atomic E-state index is 12.4. The van der Waals surface area contributed by atoms with Gasteiger partial charge in [0, 0.05) is 0 Å². The third-order valence-corrected chi connectivity index (χ3v) is 1.49. The van der Waals surface area contributed by atoms with Crippen molar-refractivity contribution in [1.29, 1.82) is 0 Å². The van der Waals surface area contributed by atoms with Crippen molar-refractivity contribution < 1.29 is 9.23 Å². The molecule has 0 aliphatic rings. The Hall–Kier alpha value is -0.970. The third kappa shape index (κ3) is 2.58.